The maximum absolute atomic E-state index is 11.3. The fourth-order valence-corrected chi connectivity index (χ4v) is 3.07. The maximum Gasteiger partial charge on any atom is 0.248 e. The van der Waals surface area contributed by atoms with Crippen LogP contribution in [0.15, 0.2) is 71.4 Å². The molecule has 1 atom stereocenters. The molecule has 2 aromatic carbocycles. The number of amides is 1. The number of halogens is 1. The summed E-state index contributed by atoms with van der Waals surface area (Å²) in [6.45, 7) is 1.96. The van der Waals surface area contributed by atoms with E-state index in [-0.39, 0.29) is 5.92 Å². The van der Waals surface area contributed by atoms with Crippen molar-refractivity contribution in [1.29, 1.82) is 0 Å². The smallest absolute Gasteiger partial charge is 0.248 e. The van der Waals surface area contributed by atoms with Gasteiger partial charge in [0.1, 0.15) is 0 Å². The zero-order valence-corrected chi connectivity index (χ0v) is 16.3. The first-order valence-electron chi connectivity index (χ1n) is 8.97. The molecule has 144 valence electrons. The van der Waals surface area contributed by atoms with Gasteiger partial charge in [-0.05, 0) is 66.6 Å². The molecule has 4 aromatic rings. The summed E-state index contributed by atoms with van der Waals surface area (Å²) < 4.78 is 5.47. The van der Waals surface area contributed by atoms with Crippen molar-refractivity contribution >= 4 is 17.5 Å². The van der Waals surface area contributed by atoms with Gasteiger partial charge in [-0.25, -0.2) is 0 Å². The number of carbonyl (C=O) groups is 1. The van der Waals surface area contributed by atoms with Crippen LogP contribution in [0.2, 0.25) is 5.02 Å². The normalized spacial score (nSPS) is 11.9. The van der Waals surface area contributed by atoms with Crippen molar-refractivity contribution in [2.45, 2.75) is 12.8 Å². The van der Waals surface area contributed by atoms with E-state index in [2.05, 4.69) is 15.1 Å². The first-order valence-corrected chi connectivity index (χ1v) is 9.35. The number of benzene rings is 2. The highest BCUT2D eigenvalue weighted by molar-refractivity contribution is 6.30. The monoisotopic (exact) mass is 404 g/mol. The van der Waals surface area contributed by atoms with Crippen molar-refractivity contribution in [3.8, 4) is 22.5 Å². The lowest BCUT2D eigenvalue weighted by atomic mass is 10.0. The van der Waals surface area contributed by atoms with Crippen molar-refractivity contribution in [3.05, 3.63) is 89.0 Å². The molecule has 4 rings (SSSR count). The van der Waals surface area contributed by atoms with Crippen LogP contribution in [0.5, 0.6) is 0 Å². The minimum Gasteiger partial charge on any atom is -0.366 e. The largest absolute Gasteiger partial charge is 0.366 e. The zero-order chi connectivity index (χ0) is 20.4. The van der Waals surface area contributed by atoms with Gasteiger partial charge < -0.3 is 10.3 Å². The third-order valence-corrected chi connectivity index (χ3v) is 4.89. The second-order valence-corrected chi connectivity index (χ2v) is 7.03. The molecule has 2 heterocycles. The Morgan fingerprint density at radius 3 is 2.38 bits per heavy atom. The molecule has 2 N–H and O–H groups in total. The number of nitrogens with two attached hydrogens (primary N) is 1. The topological polar surface area (TPSA) is 94.9 Å². The first kappa shape index (κ1) is 18.8. The van der Waals surface area contributed by atoms with Crippen LogP contribution in [-0.4, -0.2) is 21.0 Å². The van der Waals surface area contributed by atoms with Gasteiger partial charge in [0.25, 0.3) is 0 Å². The molecule has 0 spiro atoms. The quantitative estimate of drug-likeness (QED) is 0.520. The number of hydrogen-bond acceptors (Lipinski definition) is 5. The molecule has 0 aliphatic carbocycles. The van der Waals surface area contributed by atoms with Crippen molar-refractivity contribution < 1.29 is 9.32 Å². The Kier molecular flexibility index (Phi) is 5.10. The molecule has 1 unspecified atom stereocenters. The van der Waals surface area contributed by atoms with E-state index in [0.29, 0.717) is 22.3 Å². The molecule has 2 aromatic heterocycles. The van der Waals surface area contributed by atoms with E-state index >= 15 is 0 Å². The summed E-state index contributed by atoms with van der Waals surface area (Å²) in [6, 6.07) is 18.3. The third kappa shape index (κ3) is 4.02. The van der Waals surface area contributed by atoms with Gasteiger partial charge in [0.2, 0.25) is 17.6 Å². The minimum atomic E-state index is -0.450. The molecule has 0 aliphatic heterocycles. The van der Waals surface area contributed by atoms with Crippen molar-refractivity contribution in [2.75, 3.05) is 0 Å². The summed E-state index contributed by atoms with van der Waals surface area (Å²) in [5.41, 5.74) is 9.32. The minimum absolute atomic E-state index is 0.187. The van der Waals surface area contributed by atoms with Crippen LogP contribution in [0.25, 0.3) is 22.5 Å². The average Bonchev–Trinajstić information content (AvgIpc) is 3.24. The van der Waals surface area contributed by atoms with Gasteiger partial charge >= 0.3 is 0 Å². The summed E-state index contributed by atoms with van der Waals surface area (Å²) in [6.07, 6.45) is 1.74. The van der Waals surface area contributed by atoms with E-state index < -0.39 is 5.91 Å². The molecule has 7 heteroatoms. The summed E-state index contributed by atoms with van der Waals surface area (Å²) in [7, 11) is 0. The van der Waals surface area contributed by atoms with Crippen molar-refractivity contribution in [1.82, 2.24) is 15.1 Å². The average molecular weight is 405 g/mol. The highest BCUT2D eigenvalue weighted by Gasteiger charge is 2.19. The number of aromatic nitrogens is 3. The highest BCUT2D eigenvalue weighted by atomic mass is 35.5. The standard InChI is InChI=1S/C22H17ClN4O2/c1-13(22-26-21(27-29-22)16-6-8-18(23)9-7-16)19-12-17(10-11-25-19)14-2-4-15(5-3-14)20(24)28/h2-13H,1H3,(H2,24,28). The number of rotatable bonds is 5. The lowest BCUT2D eigenvalue weighted by molar-refractivity contribution is 0.100. The zero-order valence-electron chi connectivity index (χ0n) is 15.5. The molecule has 0 saturated heterocycles. The van der Waals surface area contributed by atoms with Crippen LogP contribution >= 0.6 is 11.6 Å². The van der Waals surface area contributed by atoms with Crippen LogP contribution in [-0.2, 0) is 0 Å². The Balaban J connectivity index is 1.59. The van der Waals surface area contributed by atoms with Crippen LogP contribution in [0.1, 0.15) is 34.8 Å². The second kappa shape index (κ2) is 7.85. The third-order valence-electron chi connectivity index (χ3n) is 4.64. The number of hydrogen-bond donors (Lipinski definition) is 1. The van der Waals surface area contributed by atoms with Gasteiger partial charge in [0.05, 0.1) is 11.6 Å². The van der Waals surface area contributed by atoms with E-state index in [0.717, 1.165) is 22.4 Å². The summed E-state index contributed by atoms with van der Waals surface area (Å²) in [5, 5.41) is 4.72. The van der Waals surface area contributed by atoms with Crippen LogP contribution in [0.3, 0.4) is 0 Å². The Hall–Kier alpha value is -3.51. The Bertz CT molecular complexity index is 1150. The van der Waals surface area contributed by atoms with Gasteiger partial charge in [-0.2, -0.15) is 4.98 Å². The van der Waals surface area contributed by atoms with Gasteiger partial charge in [0.15, 0.2) is 0 Å². The molecular weight excluding hydrogens is 388 g/mol. The number of primary amides is 1. The molecule has 0 radical (unpaired) electrons. The van der Waals surface area contributed by atoms with E-state index in [1.54, 1.807) is 30.5 Å². The van der Waals surface area contributed by atoms with E-state index in [9.17, 15) is 4.79 Å². The Morgan fingerprint density at radius 1 is 1.00 bits per heavy atom. The molecule has 0 saturated carbocycles. The second-order valence-electron chi connectivity index (χ2n) is 6.60. The van der Waals surface area contributed by atoms with E-state index in [4.69, 9.17) is 21.9 Å². The highest BCUT2D eigenvalue weighted by Crippen LogP contribution is 2.28. The lowest BCUT2D eigenvalue weighted by Gasteiger charge is -2.09. The SMILES string of the molecule is CC(c1cc(-c2ccc(C(N)=O)cc2)ccn1)c1nc(-c2ccc(Cl)cc2)no1. The molecule has 0 aliphatic rings. The van der Waals surface area contributed by atoms with Crippen LogP contribution in [0.4, 0.5) is 0 Å². The van der Waals surface area contributed by atoms with Crippen molar-refractivity contribution in [3.63, 3.8) is 0 Å². The van der Waals surface area contributed by atoms with Gasteiger partial charge in [-0.15, -0.1) is 0 Å². The van der Waals surface area contributed by atoms with Gasteiger partial charge in [-0.3, -0.25) is 9.78 Å². The first-order chi connectivity index (χ1) is 14.0. The molecule has 29 heavy (non-hydrogen) atoms. The van der Waals surface area contributed by atoms with Gasteiger partial charge in [0, 0.05) is 22.3 Å². The molecule has 0 bridgehead atoms. The predicted molar refractivity (Wildman–Crippen MR) is 110 cm³/mol. The fourth-order valence-electron chi connectivity index (χ4n) is 2.95. The number of carbonyl (C=O) groups excluding carboxylic acids is 1. The molecular formula is C22H17ClN4O2. The molecule has 0 fully saturated rings. The number of pyridine rings is 1. The number of nitrogens with zero attached hydrogens (tertiary/aromatic N) is 3. The van der Waals surface area contributed by atoms with Gasteiger partial charge in [-0.1, -0.05) is 28.9 Å². The fraction of sp³-hybridized carbons (Fsp3) is 0.0909. The van der Waals surface area contributed by atoms with E-state index in [1.807, 2.05) is 43.3 Å². The maximum atomic E-state index is 11.3. The van der Waals surface area contributed by atoms with Crippen molar-refractivity contribution in [2.24, 2.45) is 5.73 Å². The molecule has 6 nitrogen and oxygen atoms in total. The Morgan fingerprint density at radius 2 is 1.69 bits per heavy atom. The predicted octanol–water partition coefficient (Wildman–Crippen LogP) is 4.70. The summed E-state index contributed by atoms with van der Waals surface area (Å²) >= 11 is 5.93. The van der Waals surface area contributed by atoms with E-state index in [1.165, 1.54) is 0 Å². The van der Waals surface area contributed by atoms with Crippen LogP contribution < -0.4 is 5.73 Å². The lowest BCUT2D eigenvalue weighted by Crippen LogP contribution is -2.10. The summed E-state index contributed by atoms with van der Waals surface area (Å²) in [4.78, 5) is 20.2. The molecule has 1 amide bonds. The Labute approximate surface area is 172 Å². The summed E-state index contributed by atoms with van der Waals surface area (Å²) in [5.74, 6) is 0.340. The van der Waals surface area contributed by atoms with Crippen LogP contribution in [0, 0.1) is 0 Å².